The third-order valence-corrected chi connectivity index (χ3v) is 4.02. The zero-order valence-corrected chi connectivity index (χ0v) is 12.2. The molecular formula is C13H10ClNO5S. The predicted molar refractivity (Wildman–Crippen MR) is 77.8 cm³/mol. The minimum atomic E-state index is -4.06. The average molecular weight is 328 g/mol. The van der Waals surface area contributed by atoms with Gasteiger partial charge in [0.15, 0.2) is 0 Å². The Balaban J connectivity index is 2.31. The molecule has 0 N–H and O–H groups in total. The van der Waals surface area contributed by atoms with Crippen molar-refractivity contribution in [2.75, 3.05) is 0 Å². The van der Waals surface area contributed by atoms with Crippen molar-refractivity contribution in [3.63, 3.8) is 0 Å². The van der Waals surface area contributed by atoms with Crippen LogP contribution in [0.4, 0.5) is 5.69 Å². The number of halogens is 1. The van der Waals surface area contributed by atoms with Gasteiger partial charge in [-0.25, -0.2) is 0 Å². The first kappa shape index (κ1) is 15.3. The molecule has 0 atom stereocenters. The maximum absolute atomic E-state index is 12.0. The van der Waals surface area contributed by atoms with Gasteiger partial charge >= 0.3 is 10.1 Å². The largest absolute Gasteiger partial charge is 0.382 e. The lowest BCUT2D eigenvalue weighted by Crippen LogP contribution is -2.13. The molecule has 0 heterocycles. The van der Waals surface area contributed by atoms with Crippen LogP contribution in [0.3, 0.4) is 0 Å². The van der Waals surface area contributed by atoms with Gasteiger partial charge in [-0.15, -0.1) is 0 Å². The van der Waals surface area contributed by atoms with Gasteiger partial charge in [-0.05, 0) is 18.2 Å². The Morgan fingerprint density at radius 2 is 1.76 bits per heavy atom. The minimum Gasteiger partial charge on any atom is -0.382 e. The topological polar surface area (TPSA) is 86.5 Å². The molecule has 2 aromatic carbocycles. The van der Waals surface area contributed by atoms with Crippen molar-refractivity contribution in [3.05, 3.63) is 69.2 Å². The number of hydrogen-bond donors (Lipinski definition) is 0. The predicted octanol–water partition coefficient (Wildman–Crippen LogP) is 3.16. The number of nitrogens with zero attached hydrogens (tertiary/aromatic N) is 1. The second-order valence-electron chi connectivity index (χ2n) is 4.09. The summed E-state index contributed by atoms with van der Waals surface area (Å²) in [5.41, 5.74) is -0.456. The minimum absolute atomic E-state index is 0.00411. The van der Waals surface area contributed by atoms with Gasteiger partial charge in [0, 0.05) is 6.07 Å². The second kappa shape index (κ2) is 6.11. The molecule has 110 valence electrons. The van der Waals surface area contributed by atoms with Crippen molar-refractivity contribution in [1.82, 2.24) is 0 Å². The molecule has 0 aliphatic heterocycles. The van der Waals surface area contributed by atoms with Crippen LogP contribution in [0.5, 0.6) is 5.75 Å². The Hall–Kier alpha value is -2.12. The van der Waals surface area contributed by atoms with E-state index < -0.39 is 20.8 Å². The zero-order valence-electron chi connectivity index (χ0n) is 10.6. The van der Waals surface area contributed by atoms with E-state index in [0.29, 0.717) is 0 Å². The number of rotatable bonds is 5. The molecule has 0 saturated heterocycles. The number of benzene rings is 2. The molecule has 0 radical (unpaired) electrons. The lowest BCUT2D eigenvalue weighted by molar-refractivity contribution is -0.385. The van der Waals surface area contributed by atoms with E-state index in [1.54, 1.807) is 18.2 Å². The highest BCUT2D eigenvalue weighted by Gasteiger charge is 2.24. The van der Waals surface area contributed by atoms with Crippen molar-refractivity contribution in [2.24, 2.45) is 0 Å². The van der Waals surface area contributed by atoms with E-state index in [2.05, 4.69) is 0 Å². The van der Waals surface area contributed by atoms with Crippen LogP contribution >= 0.6 is 11.6 Å². The summed E-state index contributed by atoms with van der Waals surface area (Å²) < 4.78 is 28.9. The molecule has 21 heavy (non-hydrogen) atoms. The van der Waals surface area contributed by atoms with E-state index in [1.165, 1.54) is 30.3 Å². The average Bonchev–Trinajstić information content (AvgIpc) is 2.41. The lowest BCUT2D eigenvalue weighted by atomic mass is 10.2. The number of nitro groups is 1. The van der Waals surface area contributed by atoms with Crippen molar-refractivity contribution in [1.29, 1.82) is 0 Å². The van der Waals surface area contributed by atoms with Crippen molar-refractivity contribution >= 4 is 27.4 Å². The second-order valence-corrected chi connectivity index (χ2v) is 6.07. The van der Waals surface area contributed by atoms with Gasteiger partial charge in [0.05, 0.1) is 15.5 Å². The molecule has 0 spiro atoms. The highest BCUT2D eigenvalue weighted by Crippen LogP contribution is 2.28. The first-order valence-electron chi connectivity index (χ1n) is 5.78. The summed E-state index contributed by atoms with van der Waals surface area (Å²) in [5.74, 6) is -0.551. The molecule has 0 saturated carbocycles. The Bertz CT molecular complexity index is 761. The van der Waals surface area contributed by atoms with Crippen LogP contribution in [0.1, 0.15) is 5.56 Å². The third kappa shape index (κ3) is 3.93. The standard InChI is InChI=1S/C13H10ClNO5S/c14-12-7-4-8-13(15(16)17)11(12)9-21(18,19)20-10-5-2-1-3-6-10/h1-8H,9H2. The van der Waals surface area contributed by atoms with Crippen molar-refractivity contribution in [3.8, 4) is 5.75 Å². The van der Waals surface area contributed by atoms with Gasteiger partial charge in [0.2, 0.25) is 0 Å². The molecule has 2 aromatic rings. The molecule has 0 aromatic heterocycles. The summed E-state index contributed by atoms with van der Waals surface area (Å²) in [7, 11) is -4.06. The third-order valence-electron chi connectivity index (χ3n) is 2.58. The first-order valence-corrected chi connectivity index (χ1v) is 7.73. The van der Waals surface area contributed by atoms with Crippen LogP contribution < -0.4 is 4.18 Å². The van der Waals surface area contributed by atoms with Crippen LogP contribution in [0.15, 0.2) is 48.5 Å². The molecule has 0 fully saturated rings. The van der Waals surface area contributed by atoms with Gasteiger partial charge in [-0.2, -0.15) is 8.42 Å². The lowest BCUT2D eigenvalue weighted by Gasteiger charge is -2.08. The van der Waals surface area contributed by atoms with Gasteiger partial charge in [-0.1, -0.05) is 35.9 Å². The van der Waals surface area contributed by atoms with E-state index >= 15 is 0 Å². The molecule has 0 aliphatic rings. The van der Waals surface area contributed by atoms with E-state index in [-0.39, 0.29) is 22.0 Å². The summed E-state index contributed by atoms with van der Waals surface area (Å²) in [6.07, 6.45) is 0. The summed E-state index contributed by atoms with van der Waals surface area (Å²) in [6.45, 7) is 0. The van der Waals surface area contributed by atoms with Crippen LogP contribution in [0.25, 0.3) is 0 Å². The number of hydrogen-bond acceptors (Lipinski definition) is 5. The van der Waals surface area contributed by atoms with Crippen molar-refractivity contribution < 1.29 is 17.5 Å². The quantitative estimate of drug-likeness (QED) is 0.478. The van der Waals surface area contributed by atoms with Gasteiger partial charge in [0.25, 0.3) is 5.69 Å². The Morgan fingerprint density at radius 1 is 1.10 bits per heavy atom. The highest BCUT2D eigenvalue weighted by molar-refractivity contribution is 7.86. The van der Waals surface area contributed by atoms with Gasteiger partial charge in [0.1, 0.15) is 11.5 Å². The van der Waals surface area contributed by atoms with Crippen LogP contribution in [0, 0.1) is 10.1 Å². The van der Waals surface area contributed by atoms with E-state index in [0.717, 1.165) is 0 Å². The molecular weight excluding hydrogens is 318 g/mol. The molecule has 2 rings (SSSR count). The Kier molecular flexibility index (Phi) is 4.44. The van der Waals surface area contributed by atoms with Gasteiger partial charge < -0.3 is 4.18 Å². The molecule has 0 unspecified atom stereocenters. The van der Waals surface area contributed by atoms with E-state index in [1.807, 2.05) is 0 Å². The van der Waals surface area contributed by atoms with Crippen LogP contribution in [0.2, 0.25) is 5.02 Å². The highest BCUT2D eigenvalue weighted by atomic mass is 35.5. The summed E-state index contributed by atoms with van der Waals surface area (Å²) in [6, 6.07) is 11.8. The Morgan fingerprint density at radius 3 is 2.38 bits per heavy atom. The Labute approximate surface area is 126 Å². The van der Waals surface area contributed by atoms with Crippen LogP contribution in [-0.4, -0.2) is 13.3 Å². The first-order chi connectivity index (χ1) is 9.89. The fourth-order valence-electron chi connectivity index (χ4n) is 1.69. The number of para-hydroxylation sites is 1. The monoisotopic (exact) mass is 327 g/mol. The molecule has 0 bridgehead atoms. The van der Waals surface area contributed by atoms with Gasteiger partial charge in [-0.3, -0.25) is 10.1 Å². The summed E-state index contributed by atoms with van der Waals surface area (Å²) in [5, 5.41) is 10.9. The smallest absolute Gasteiger partial charge is 0.313 e. The van der Waals surface area contributed by atoms with E-state index in [4.69, 9.17) is 15.8 Å². The fraction of sp³-hybridized carbons (Fsp3) is 0.0769. The molecule has 6 nitrogen and oxygen atoms in total. The zero-order chi connectivity index (χ0) is 15.5. The maximum Gasteiger partial charge on any atom is 0.313 e. The molecule has 0 amide bonds. The van der Waals surface area contributed by atoms with Crippen molar-refractivity contribution in [2.45, 2.75) is 5.75 Å². The molecule has 8 heteroatoms. The maximum atomic E-state index is 12.0. The number of nitro benzene ring substituents is 1. The van der Waals surface area contributed by atoms with Crippen LogP contribution in [-0.2, 0) is 15.9 Å². The molecule has 0 aliphatic carbocycles. The SMILES string of the molecule is O=[N+]([O-])c1cccc(Cl)c1CS(=O)(=O)Oc1ccccc1. The summed E-state index contributed by atoms with van der Waals surface area (Å²) in [4.78, 5) is 10.2. The summed E-state index contributed by atoms with van der Waals surface area (Å²) >= 11 is 5.86. The fourth-order valence-corrected chi connectivity index (χ4v) is 3.13. The normalized spacial score (nSPS) is 11.1. The van der Waals surface area contributed by atoms with E-state index in [9.17, 15) is 18.5 Å².